The Balaban J connectivity index is 1.98. The summed E-state index contributed by atoms with van der Waals surface area (Å²) < 4.78 is 24.3. The third-order valence-corrected chi connectivity index (χ3v) is 4.37. The summed E-state index contributed by atoms with van der Waals surface area (Å²) in [5, 5.41) is 13.5. The van der Waals surface area contributed by atoms with E-state index in [2.05, 4.69) is 5.10 Å². The fraction of sp³-hybridized carbons (Fsp3) is 0.727. The minimum atomic E-state index is -3.15. The number of nitrogens with zero attached hydrogens (tertiary/aromatic N) is 2. The molecule has 0 aliphatic heterocycles. The quantitative estimate of drug-likeness (QED) is 0.872. The zero-order chi connectivity index (χ0) is 12.5. The number of aliphatic hydroxyl groups excluding tert-OH is 1. The van der Waals surface area contributed by atoms with Crippen LogP contribution in [0.15, 0.2) is 17.3 Å². The van der Waals surface area contributed by atoms with Crippen molar-refractivity contribution in [1.82, 2.24) is 9.78 Å². The van der Waals surface area contributed by atoms with E-state index in [4.69, 9.17) is 0 Å². The molecule has 1 aromatic rings. The van der Waals surface area contributed by atoms with Gasteiger partial charge in [0.1, 0.15) is 4.90 Å². The lowest BCUT2D eigenvalue weighted by Crippen LogP contribution is -2.21. The van der Waals surface area contributed by atoms with Crippen LogP contribution in [0.3, 0.4) is 0 Å². The van der Waals surface area contributed by atoms with E-state index in [-0.39, 0.29) is 11.0 Å². The number of rotatable bonds is 3. The van der Waals surface area contributed by atoms with Crippen LogP contribution >= 0.6 is 0 Å². The van der Waals surface area contributed by atoms with E-state index >= 15 is 0 Å². The van der Waals surface area contributed by atoms with Crippen molar-refractivity contribution in [3.63, 3.8) is 0 Å². The third-order valence-electron chi connectivity index (χ3n) is 3.30. The molecular weight excluding hydrogens is 240 g/mol. The zero-order valence-electron chi connectivity index (χ0n) is 9.91. The highest BCUT2D eigenvalue weighted by molar-refractivity contribution is 7.90. The third kappa shape index (κ3) is 3.29. The van der Waals surface area contributed by atoms with Crippen LogP contribution in [-0.2, 0) is 16.4 Å². The van der Waals surface area contributed by atoms with Crippen molar-refractivity contribution in [2.75, 3.05) is 6.26 Å². The molecule has 1 heterocycles. The van der Waals surface area contributed by atoms with Gasteiger partial charge in [0.05, 0.1) is 12.3 Å². The van der Waals surface area contributed by atoms with Gasteiger partial charge in [-0.25, -0.2) is 8.42 Å². The highest BCUT2D eigenvalue weighted by Gasteiger charge is 2.20. The second-order valence-electron chi connectivity index (χ2n) is 4.84. The molecular formula is C11H18N2O3S. The first-order valence-electron chi connectivity index (χ1n) is 5.86. The normalized spacial score (nSPS) is 26.0. The molecule has 0 saturated heterocycles. The number of sulfone groups is 1. The van der Waals surface area contributed by atoms with E-state index in [0.717, 1.165) is 32.2 Å². The van der Waals surface area contributed by atoms with E-state index in [0.29, 0.717) is 5.92 Å². The summed E-state index contributed by atoms with van der Waals surface area (Å²) in [4.78, 5) is 0.272. The average Bonchev–Trinajstić information content (AvgIpc) is 2.69. The molecule has 1 saturated carbocycles. The minimum Gasteiger partial charge on any atom is -0.393 e. The van der Waals surface area contributed by atoms with Crippen molar-refractivity contribution in [3.05, 3.63) is 12.4 Å². The monoisotopic (exact) mass is 258 g/mol. The first kappa shape index (κ1) is 12.6. The zero-order valence-corrected chi connectivity index (χ0v) is 10.7. The largest absolute Gasteiger partial charge is 0.393 e. The Labute approximate surface area is 101 Å². The fourth-order valence-corrected chi connectivity index (χ4v) is 2.78. The molecule has 1 aliphatic carbocycles. The van der Waals surface area contributed by atoms with Gasteiger partial charge in [0.2, 0.25) is 0 Å². The molecule has 0 unspecified atom stereocenters. The summed E-state index contributed by atoms with van der Waals surface area (Å²) in [5.74, 6) is 0.491. The predicted molar refractivity (Wildman–Crippen MR) is 63.3 cm³/mol. The molecule has 1 fully saturated rings. The molecule has 6 heteroatoms. The molecule has 0 aromatic carbocycles. The molecule has 96 valence electrons. The fourth-order valence-electron chi connectivity index (χ4n) is 2.23. The van der Waals surface area contributed by atoms with Gasteiger partial charge in [-0.1, -0.05) is 0 Å². The van der Waals surface area contributed by atoms with E-state index < -0.39 is 9.84 Å². The Morgan fingerprint density at radius 2 is 2.06 bits per heavy atom. The van der Waals surface area contributed by atoms with Gasteiger partial charge >= 0.3 is 0 Å². The van der Waals surface area contributed by atoms with Crippen LogP contribution in [0.1, 0.15) is 25.7 Å². The maximum absolute atomic E-state index is 11.3. The lowest BCUT2D eigenvalue weighted by Gasteiger charge is -2.25. The Morgan fingerprint density at radius 1 is 1.41 bits per heavy atom. The Kier molecular flexibility index (Phi) is 3.53. The first-order valence-corrected chi connectivity index (χ1v) is 7.75. The standard InChI is InChI=1S/C11H18N2O3S/c1-17(15,16)11-6-12-13(8-11)7-9-2-4-10(14)5-3-9/h6,8-10,14H,2-5,7H2,1H3. The second-order valence-corrected chi connectivity index (χ2v) is 6.86. The lowest BCUT2D eigenvalue weighted by molar-refractivity contribution is 0.103. The van der Waals surface area contributed by atoms with Crippen molar-refractivity contribution >= 4 is 9.84 Å². The van der Waals surface area contributed by atoms with Crippen LogP contribution in [0.4, 0.5) is 0 Å². The second kappa shape index (κ2) is 4.78. The minimum absolute atomic E-state index is 0.157. The van der Waals surface area contributed by atoms with E-state index in [1.165, 1.54) is 12.5 Å². The first-order chi connectivity index (χ1) is 7.95. The summed E-state index contributed by atoms with van der Waals surface area (Å²) in [6.07, 6.45) is 7.65. The molecule has 2 rings (SSSR count). The molecule has 0 atom stereocenters. The molecule has 0 bridgehead atoms. The van der Waals surface area contributed by atoms with Gasteiger partial charge < -0.3 is 5.11 Å². The van der Waals surface area contributed by atoms with E-state index in [9.17, 15) is 13.5 Å². The molecule has 1 aromatic heterocycles. The number of aromatic nitrogens is 2. The van der Waals surface area contributed by atoms with Gasteiger partial charge in [-0.3, -0.25) is 4.68 Å². The van der Waals surface area contributed by atoms with Crippen LogP contribution in [0.2, 0.25) is 0 Å². The van der Waals surface area contributed by atoms with Crippen molar-refractivity contribution in [2.45, 2.75) is 43.2 Å². The highest BCUT2D eigenvalue weighted by atomic mass is 32.2. The summed E-state index contributed by atoms with van der Waals surface area (Å²) in [6.45, 7) is 0.738. The Morgan fingerprint density at radius 3 is 2.59 bits per heavy atom. The van der Waals surface area contributed by atoms with Gasteiger partial charge in [0.15, 0.2) is 9.84 Å². The Bertz CT molecular complexity index is 473. The van der Waals surface area contributed by atoms with Crippen LogP contribution in [0.5, 0.6) is 0 Å². The smallest absolute Gasteiger partial charge is 0.178 e. The molecule has 0 amide bonds. The molecule has 0 radical (unpaired) electrons. The molecule has 1 aliphatic rings. The molecule has 17 heavy (non-hydrogen) atoms. The summed E-state index contributed by atoms with van der Waals surface area (Å²) in [7, 11) is -3.15. The lowest BCUT2D eigenvalue weighted by atomic mass is 9.87. The predicted octanol–water partition coefficient (Wildman–Crippen LogP) is 0.838. The number of hydrogen-bond donors (Lipinski definition) is 1. The summed E-state index contributed by atoms with van der Waals surface area (Å²) >= 11 is 0. The summed E-state index contributed by atoms with van der Waals surface area (Å²) in [6, 6.07) is 0. The van der Waals surface area contributed by atoms with Gasteiger partial charge in [-0.05, 0) is 31.6 Å². The van der Waals surface area contributed by atoms with Gasteiger partial charge in [0, 0.05) is 19.0 Å². The topological polar surface area (TPSA) is 72.2 Å². The van der Waals surface area contributed by atoms with Crippen molar-refractivity contribution < 1.29 is 13.5 Å². The van der Waals surface area contributed by atoms with Crippen molar-refractivity contribution in [3.8, 4) is 0 Å². The molecule has 0 spiro atoms. The average molecular weight is 258 g/mol. The SMILES string of the molecule is CS(=O)(=O)c1cnn(CC2CCC(O)CC2)c1. The van der Waals surface area contributed by atoms with Crippen LogP contribution < -0.4 is 0 Å². The van der Waals surface area contributed by atoms with Crippen molar-refractivity contribution in [1.29, 1.82) is 0 Å². The summed E-state index contributed by atoms with van der Waals surface area (Å²) in [5.41, 5.74) is 0. The van der Waals surface area contributed by atoms with Gasteiger partial charge in [-0.15, -0.1) is 0 Å². The highest BCUT2D eigenvalue weighted by Crippen LogP contribution is 2.25. The van der Waals surface area contributed by atoms with E-state index in [1.54, 1.807) is 10.9 Å². The Hall–Kier alpha value is -0.880. The number of hydrogen-bond acceptors (Lipinski definition) is 4. The van der Waals surface area contributed by atoms with Crippen LogP contribution in [0, 0.1) is 5.92 Å². The maximum atomic E-state index is 11.3. The van der Waals surface area contributed by atoms with Gasteiger partial charge in [-0.2, -0.15) is 5.10 Å². The number of aliphatic hydroxyl groups is 1. The van der Waals surface area contributed by atoms with Gasteiger partial charge in [0.25, 0.3) is 0 Å². The van der Waals surface area contributed by atoms with Crippen LogP contribution in [-0.4, -0.2) is 35.7 Å². The maximum Gasteiger partial charge on any atom is 0.178 e. The molecule has 1 N–H and O–H groups in total. The molecule has 5 nitrogen and oxygen atoms in total. The van der Waals surface area contributed by atoms with E-state index in [1.807, 2.05) is 0 Å². The van der Waals surface area contributed by atoms with Crippen molar-refractivity contribution in [2.24, 2.45) is 5.92 Å². The van der Waals surface area contributed by atoms with Crippen LogP contribution in [0.25, 0.3) is 0 Å².